The van der Waals surface area contributed by atoms with Gasteiger partial charge in [0.15, 0.2) is 5.65 Å². The number of nitrogens with zero attached hydrogens (tertiary/aromatic N) is 6. The standard InChI is InChI=1S/C29H25N7O3/c1-5-28(37)35(3)11-6-7-20-14-23-24(16-26(20)38-4)30-17-32-29(23)34-21-8-9-25(19(2)13-21)39-22-10-12-36-27(15-22)31-18-33-36/h5,8-10,12-18H,1,11H2,2-4H3,(H,30,32,34). The van der Waals surface area contributed by atoms with Gasteiger partial charge in [-0.2, -0.15) is 5.10 Å². The Kier molecular flexibility index (Phi) is 7.05. The Labute approximate surface area is 224 Å². The number of pyridine rings is 1. The van der Waals surface area contributed by atoms with E-state index in [-0.39, 0.29) is 12.5 Å². The van der Waals surface area contributed by atoms with Gasteiger partial charge in [0.05, 0.1) is 24.7 Å². The summed E-state index contributed by atoms with van der Waals surface area (Å²) in [6.07, 6.45) is 6.05. The summed E-state index contributed by atoms with van der Waals surface area (Å²) in [7, 11) is 3.25. The monoisotopic (exact) mass is 519 g/mol. The Bertz CT molecular complexity index is 1770. The number of nitrogens with one attached hydrogen (secondary N) is 1. The van der Waals surface area contributed by atoms with Crippen LogP contribution in [0.25, 0.3) is 16.6 Å². The zero-order valence-corrected chi connectivity index (χ0v) is 21.7. The van der Waals surface area contributed by atoms with E-state index >= 15 is 0 Å². The SMILES string of the molecule is C=CC(=O)N(C)CC#Cc1cc2c(Nc3ccc(Oc4ccn5ncnc5c4)c(C)c3)ncnc2cc1OC. The first-order chi connectivity index (χ1) is 18.9. The lowest BCUT2D eigenvalue weighted by atomic mass is 10.1. The first-order valence-corrected chi connectivity index (χ1v) is 12.0. The average Bonchev–Trinajstić information content (AvgIpc) is 3.42. The zero-order valence-electron chi connectivity index (χ0n) is 21.7. The van der Waals surface area contributed by atoms with Gasteiger partial charge in [-0.05, 0) is 48.9 Å². The fourth-order valence-corrected chi connectivity index (χ4v) is 3.90. The number of ether oxygens (including phenoxy) is 2. The molecular weight excluding hydrogens is 494 g/mol. The lowest BCUT2D eigenvalue weighted by molar-refractivity contribution is -0.124. The van der Waals surface area contributed by atoms with Crippen LogP contribution in [0.3, 0.4) is 0 Å². The van der Waals surface area contributed by atoms with E-state index in [9.17, 15) is 4.79 Å². The van der Waals surface area contributed by atoms with Crippen molar-refractivity contribution in [3.05, 3.63) is 85.1 Å². The van der Waals surface area contributed by atoms with Crippen LogP contribution >= 0.6 is 0 Å². The van der Waals surface area contributed by atoms with Gasteiger partial charge in [-0.3, -0.25) is 4.79 Å². The minimum absolute atomic E-state index is 0.197. The molecule has 0 unspecified atom stereocenters. The number of likely N-dealkylation sites (N-methyl/N-ethyl adjacent to an activating group) is 1. The topological polar surface area (TPSA) is 107 Å². The highest BCUT2D eigenvalue weighted by Gasteiger charge is 2.11. The Morgan fingerprint density at radius 1 is 1.13 bits per heavy atom. The number of amides is 1. The molecule has 1 amide bonds. The number of methoxy groups -OCH3 is 1. The van der Waals surface area contributed by atoms with E-state index in [1.807, 2.05) is 49.4 Å². The predicted molar refractivity (Wildman–Crippen MR) is 148 cm³/mol. The van der Waals surface area contributed by atoms with E-state index in [4.69, 9.17) is 9.47 Å². The van der Waals surface area contributed by atoms with Gasteiger partial charge in [0, 0.05) is 36.5 Å². The van der Waals surface area contributed by atoms with Crippen LogP contribution in [-0.2, 0) is 4.79 Å². The number of anilines is 2. The fourth-order valence-electron chi connectivity index (χ4n) is 3.90. The summed E-state index contributed by atoms with van der Waals surface area (Å²) < 4.78 is 13.3. The molecule has 0 aliphatic heterocycles. The second-order valence-electron chi connectivity index (χ2n) is 8.62. The van der Waals surface area contributed by atoms with Crippen LogP contribution in [0.2, 0.25) is 0 Å². The second kappa shape index (κ2) is 10.9. The van der Waals surface area contributed by atoms with Crippen molar-refractivity contribution in [1.82, 2.24) is 29.5 Å². The second-order valence-corrected chi connectivity index (χ2v) is 8.62. The molecule has 0 spiro atoms. The Morgan fingerprint density at radius 3 is 2.79 bits per heavy atom. The largest absolute Gasteiger partial charge is 0.495 e. The summed E-state index contributed by atoms with van der Waals surface area (Å²) in [6.45, 7) is 5.72. The number of rotatable bonds is 7. The predicted octanol–water partition coefficient (Wildman–Crippen LogP) is 4.52. The molecule has 0 aliphatic rings. The molecule has 10 nitrogen and oxygen atoms in total. The molecule has 5 rings (SSSR count). The number of hydrogen-bond acceptors (Lipinski definition) is 8. The lowest BCUT2D eigenvalue weighted by Gasteiger charge is -2.13. The van der Waals surface area contributed by atoms with E-state index in [2.05, 4.69) is 43.8 Å². The van der Waals surface area contributed by atoms with Gasteiger partial charge in [-0.25, -0.2) is 19.5 Å². The summed E-state index contributed by atoms with van der Waals surface area (Å²) in [4.78, 5) is 26.3. The third kappa shape index (κ3) is 5.47. The van der Waals surface area contributed by atoms with Gasteiger partial charge in [-0.1, -0.05) is 18.4 Å². The van der Waals surface area contributed by atoms with Gasteiger partial charge in [0.2, 0.25) is 5.91 Å². The average molecular weight is 520 g/mol. The molecule has 3 heterocycles. The number of benzene rings is 2. The molecule has 3 aromatic heterocycles. The third-order valence-electron chi connectivity index (χ3n) is 5.96. The van der Waals surface area contributed by atoms with Crippen LogP contribution in [-0.4, -0.2) is 56.1 Å². The molecule has 10 heteroatoms. The van der Waals surface area contributed by atoms with Gasteiger partial charge in [0.1, 0.15) is 35.7 Å². The molecule has 0 bridgehead atoms. The van der Waals surface area contributed by atoms with Gasteiger partial charge < -0.3 is 19.7 Å². The molecule has 0 aliphatic carbocycles. The summed E-state index contributed by atoms with van der Waals surface area (Å²) >= 11 is 0. The molecule has 1 N–H and O–H groups in total. The summed E-state index contributed by atoms with van der Waals surface area (Å²) in [5.74, 6) is 8.50. The smallest absolute Gasteiger partial charge is 0.246 e. The van der Waals surface area contributed by atoms with E-state index in [0.29, 0.717) is 34.0 Å². The highest BCUT2D eigenvalue weighted by Crippen LogP contribution is 2.32. The highest BCUT2D eigenvalue weighted by atomic mass is 16.5. The first kappa shape index (κ1) is 25.2. The van der Waals surface area contributed by atoms with Crippen molar-refractivity contribution in [2.24, 2.45) is 0 Å². The van der Waals surface area contributed by atoms with E-state index in [0.717, 1.165) is 22.4 Å². The van der Waals surface area contributed by atoms with Crippen molar-refractivity contribution in [3.8, 4) is 29.1 Å². The van der Waals surface area contributed by atoms with E-state index in [1.165, 1.54) is 23.6 Å². The molecule has 5 aromatic rings. The third-order valence-corrected chi connectivity index (χ3v) is 5.96. The van der Waals surface area contributed by atoms with Crippen LogP contribution in [0.4, 0.5) is 11.5 Å². The van der Waals surface area contributed by atoms with E-state index in [1.54, 1.807) is 24.9 Å². The van der Waals surface area contributed by atoms with Crippen LogP contribution in [0.15, 0.2) is 74.0 Å². The molecule has 0 saturated heterocycles. The quantitative estimate of drug-likeness (QED) is 0.247. The van der Waals surface area contributed by atoms with Crippen molar-refractivity contribution in [3.63, 3.8) is 0 Å². The molecule has 39 heavy (non-hydrogen) atoms. The maximum Gasteiger partial charge on any atom is 0.246 e. The van der Waals surface area contributed by atoms with Crippen molar-refractivity contribution >= 4 is 34.0 Å². The van der Waals surface area contributed by atoms with Crippen molar-refractivity contribution in [1.29, 1.82) is 0 Å². The minimum Gasteiger partial charge on any atom is -0.495 e. The van der Waals surface area contributed by atoms with Crippen molar-refractivity contribution in [2.75, 3.05) is 26.0 Å². The van der Waals surface area contributed by atoms with Gasteiger partial charge >= 0.3 is 0 Å². The van der Waals surface area contributed by atoms with Crippen LogP contribution in [0.5, 0.6) is 17.2 Å². The van der Waals surface area contributed by atoms with E-state index < -0.39 is 0 Å². The number of carbonyl (C=O) groups excluding carboxylic acids is 1. The number of carbonyl (C=O) groups is 1. The molecule has 0 atom stereocenters. The molecule has 2 aromatic carbocycles. The summed E-state index contributed by atoms with van der Waals surface area (Å²) in [5.41, 5.74) is 3.84. The molecule has 0 fully saturated rings. The maximum absolute atomic E-state index is 11.7. The van der Waals surface area contributed by atoms with Crippen LogP contribution in [0.1, 0.15) is 11.1 Å². The summed E-state index contributed by atoms with van der Waals surface area (Å²) in [5, 5.41) is 8.26. The Morgan fingerprint density at radius 2 is 2.00 bits per heavy atom. The Hall–Kier alpha value is -5.43. The number of aryl methyl sites for hydroxylation is 1. The minimum atomic E-state index is -0.197. The highest BCUT2D eigenvalue weighted by molar-refractivity contribution is 5.93. The van der Waals surface area contributed by atoms with Crippen molar-refractivity contribution in [2.45, 2.75) is 6.92 Å². The summed E-state index contributed by atoms with van der Waals surface area (Å²) in [6, 6.07) is 13.2. The fraction of sp³-hybridized carbons (Fsp3) is 0.138. The number of fused-ring (bicyclic) bond motifs is 2. The lowest BCUT2D eigenvalue weighted by Crippen LogP contribution is -2.24. The van der Waals surface area contributed by atoms with Crippen LogP contribution in [0, 0.1) is 18.8 Å². The zero-order chi connectivity index (χ0) is 27.4. The van der Waals surface area contributed by atoms with Crippen LogP contribution < -0.4 is 14.8 Å². The molecule has 194 valence electrons. The molecule has 0 saturated carbocycles. The first-order valence-electron chi connectivity index (χ1n) is 12.0. The number of aromatic nitrogens is 5. The molecular formula is C29H25N7O3. The van der Waals surface area contributed by atoms with Gasteiger partial charge in [-0.15, -0.1) is 0 Å². The Balaban J connectivity index is 1.40. The molecule has 0 radical (unpaired) electrons. The maximum atomic E-state index is 11.7. The van der Waals surface area contributed by atoms with Gasteiger partial charge in [0.25, 0.3) is 0 Å². The number of hydrogen-bond donors (Lipinski definition) is 1. The normalized spacial score (nSPS) is 10.5. The van der Waals surface area contributed by atoms with Crippen molar-refractivity contribution < 1.29 is 14.3 Å².